The lowest BCUT2D eigenvalue weighted by molar-refractivity contribution is 0.298. The molecule has 1 aromatic carbocycles. The van der Waals surface area contributed by atoms with E-state index in [-0.39, 0.29) is 18.0 Å². The normalized spacial score (nSPS) is 10.8. The van der Waals surface area contributed by atoms with Crippen molar-refractivity contribution in [1.29, 1.82) is 0 Å². The summed E-state index contributed by atoms with van der Waals surface area (Å²) >= 11 is 1.41. The highest BCUT2D eigenvalue weighted by Crippen LogP contribution is 2.19. The van der Waals surface area contributed by atoms with Crippen LogP contribution in [0.5, 0.6) is 0 Å². The van der Waals surface area contributed by atoms with Crippen molar-refractivity contribution in [2.75, 3.05) is 6.61 Å². The van der Waals surface area contributed by atoms with Crippen molar-refractivity contribution in [3.8, 4) is 0 Å². The SMILES string of the molecule is Cn1cc(CCO)c(=O)nc1SCc1ccc(F)cc1. The molecule has 1 aromatic heterocycles. The van der Waals surface area contributed by atoms with Gasteiger partial charge >= 0.3 is 0 Å². The monoisotopic (exact) mass is 294 g/mol. The highest BCUT2D eigenvalue weighted by atomic mass is 32.2. The van der Waals surface area contributed by atoms with E-state index in [2.05, 4.69) is 4.98 Å². The van der Waals surface area contributed by atoms with E-state index in [1.165, 1.54) is 23.9 Å². The first-order valence-corrected chi connectivity index (χ1v) is 7.13. The van der Waals surface area contributed by atoms with Gasteiger partial charge in [-0.15, -0.1) is 0 Å². The standard InChI is InChI=1S/C14H15FN2O2S/c1-17-8-11(6-7-18)13(19)16-14(17)20-9-10-2-4-12(15)5-3-10/h2-5,8,18H,6-7,9H2,1H3. The Bertz CT molecular complexity index is 641. The molecule has 2 aromatic rings. The van der Waals surface area contributed by atoms with Crippen LogP contribution in [0.3, 0.4) is 0 Å². The van der Waals surface area contributed by atoms with E-state index < -0.39 is 0 Å². The zero-order valence-corrected chi connectivity index (χ0v) is 11.9. The number of aliphatic hydroxyl groups is 1. The molecule has 4 nitrogen and oxygen atoms in total. The minimum Gasteiger partial charge on any atom is -0.396 e. The van der Waals surface area contributed by atoms with E-state index in [1.807, 2.05) is 0 Å². The Morgan fingerprint density at radius 2 is 2.05 bits per heavy atom. The molecule has 0 radical (unpaired) electrons. The zero-order chi connectivity index (χ0) is 14.5. The van der Waals surface area contributed by atoms with Gasteiger partial charge in [-0.2, -0.15) is 4.98 Å². The van der Waals surface area contributed by atoms with Crippen LogP contribution in [-0.4, -0.2) is 21.3 Å². The average Bonchev–Trinajstić information content (AvgIpc) is 2.43. The van der Waals surface area contributed by atoms with Crippen LogP contribution < -0.4 is 5.56 Å². The Labute approximate surface area is 120 Å². The summed E-state index contributed by atoms with van der Waals surface area (Å²) in [6.07, 6.45) is 2.00. The first-order chi connectivity index (χ1) is 9.60. The molecule has 0 fully saturated rings. The Morgan fingerprint density at radius 1 is 1.35 bits per heavy atom. The smallest absolute Gasteiger partial charge is 0.276 e. The maximum Gasteiger partial charge on any atom is 0.276 e. The maximum absolute atomic E-state index is 12.8. The van der Waals surface area contributed by atoms with Crippen LogP contribution >= 0.6 is 11.8 Å². The molecule has 0 amide bonds. The van der Waals surface area contributed by atoms with Gasteiger partial charge < -0.3 is 9.67 Å². The van der Waals surface area contributed by atoms with Gasteiger partial charge in [0, 0.05) is 37.6 Å². The molecule has 20 heavy (non-hydrogen) atoms. The summed E-state index contributed by atoms with van der Waals surface area (Å²) in [6.45, 7) is -0.0704. The van der Waals surface area contributed by atoms with Crippen LogP contribution in [-0.2, 0) is 19.2 Å². The van der Waals surface area contributed by atoms with Gasteiger partial charge in [0.1, 0.15) is 5.82 Å². The van der Waals surface area contributed by atoms with Crippen LogP contribution in [0, 0.1) is 5.82 Å². The number of aliphatic hydroxyl groups excluding tert-OH is 1. The predicted octanol–water partition coefficient (Wildman–Crippen LogP) is 1.75. The van der Waals surface area contributed by atoms with E-state index in [0.29, 0.717) is 22.9 Å². The maximum atomic E-state index is 12.8. The molecule has 1 heterocycles. The summed E-state index contributed by atoms with van der Waals surface area (Å²) in [5.74, 6) is 0.345. The van der Waals surface area contributed by atoms with Crippen LogP contribution in [0.15, 0.2) is 40.4 Å². The zero-order valence-electron chi connectivity index (χ0n) is 11.0. The fourth-order valence-corrected chi connectivity index (χ4v) is 2.63. The number of hydrogen-bond acceptors (Lipinski definition) is 4. The van der Waals surface area contributed by atoms with E-state index in [4.69, 9.17) is 5.11 Å². The lowest BCUT2D eigenvalue weighted by Crippen LogP contribution is -2.18. The summed E-state index contributed by atoms with van der Waals surface area (Å²) in [4.78, 5) is 15.7. The Kier molecular flexibility index (Phi) is 4.92. The highest BCUT2D eigenvalue weighted by Gasteiger charge is 2.07. The van der Waals surface area contributed by atoms with Crippen LogP contribution in [0.25, 0.3) is 0 Å². The number of aromatic nitrogens is 2. The first-order valence-electron chi connectivity index (χ1n) is 6.15. The Hall–Kier alpha value is -1.66. The lowest BCUT2D eigenvalue weighted by Gasteiger charge is -2.08. The molecule has 2 rings (SSSR count). The van der Waals surface area contributed by atoms with Gasteiger partial charge in [-0.05, 0) is 17.7 Å². The quantitative estimate of drug-likeness (QED) is 0.674. The fraction of sp³-hybridized carbons (Fsp3) is 0.286. The van der Waals surface area contributed by atoms with Crippen LogP contribution in [0.4, 0.5) is 4.39 Å². The third-order valence-corrected chi connectivity index (χ3v) is 3.90. The second-order valence-electron chi connectivity index (χ2n) is 4.35. The summed E-state index contributed by atoms with van der Waals surface area (Å²) in [6, 6.07) is 6.24. The van der Waals surface area contributed by atoms with Crippen molar-refractivity contribution in [3.05, 3.63) is 57.8 Å². The second kappa shape index (κ2) is 6.67. The Balaban J connectivity index is 2.11. The molecule has 0 atom stereocenters. The number of hydrogen-bond donors (Lipinski definition) is 1. The molecule has 0 aliphatic heterocycles. The summed E-state index contributed by atoms with van der Waals surface area (Å²) in [7, 11) is 1.81. The first kappa shape index (κ1) is 14.7. The molecular weight excluding hydrogens is 279 g/mol. The van der Waals surface area contributed by atoms with Crippen molar-refractivity contribution in [2.24, 2.45) is 7.05 Å². The van der Waals surface area contributed by atoms with Gasteiger partial charge in [0.25, 0.3) is 5.56 Å². The minimum absolute atomic E-state index is 0.0704. The number of rotatable bonds is 5. The number of aryl methyl sites for hydroxylation is 1. The van der Waals surface area contributed by atoms with Gasteiger partial charge in [0.15, 0.2) is 5.16 Å². The van der Waals surface area contributed by atoms with Gasteiger partial charge in [-0.1, -0.05) is 23.9 Å². The largest absolute Gasteiger partial charge is 0.396 e. The molecule has 106 valence electrons. The summed E-state index contributed by atoms with van der Waals surface area (Å²) in [5.41, 5.74) is 1.16. The molecule has 0 aliphatic rings. The molecule has 0 saturated carbocycles. The number of thioether (sulfide) groups is 1. The van der Waals surface area contributed by atoms with Crippen molar-refractivity contribution in [3.63, 3.8) is 0 Å². The van der Waals surface area contributed by atoms with E-state index >= 15 is 0 Å². The topological polar surface area (TPSA) is 55.1 Å². The van der Waals surface area contributed by atoms with Crippen molar-refractivity contribution >= 4 is 11.8 Å². The van der Waals surface area contributed by atoms with Crippen molar-refractivity contribution < 1.29 is 9.50 Å². The lowest BCUT2D eigenvalue weighted by atomic mass is 10.2. The molecule has 0 spiro atoms. The van der Waals surface area contributed by atoms with Crippen molar-refractivity contribution in [2.45, 2.75) is 17.3 Å². The molecule has 0 saturated heterocycles. The fourth-order valence-electron chi connectivity index (χ4n) is 1.74. The van der Waals surface area contributed by atoms with Crippen LogP contribution in [0.1, 0.15) is 11.1 Å². The Morgan fingerprint density at radius 3 is 2.70 bits per heavy atom. The second-order valence-corrected chi connectivity index (χ2v) is 5.30. The highest BCUT2D eigenvalue weighted by molar-refractivity contribution is 7.98. The number of halogens is 1. The van der Waals surface area contributed by atoms with Gasteiger partial charge in [0.2, 0.25) is 0 Å². The van der Waals surface area contributed by atoms with Gasteiger partial charge in [-0.25, -0.2) is 4.39 Å². The molecule has 6 heteroatoms. The van der Waals surface area contributed by atoms with E-state index in [9.17, 15) is 9.18 Å². The average molecular weight is 294 g/mol. The number of benzene rings is 1. The molecule has 1 N–H and O–H groups in total. The molecule has 0 bridgehead atoms. The van der Waals surface area contributed by atoms with Crippen molar-refractivity contribution in [1.82, 2.24) is 9.55 Å². The van der Waals surface area contributed by atoms with Gasteiger partial charge in [0.05, 0.1) is 0 Å². The van der Waals surface area contributed by atoms with Crippen LogP contribution in [0.2, 0.25) is 0 Å². The summed E-state index contributed by atoms with van der Waals surface area (Å²) in [5, 5.41) is 9.47. The third-order valence-electron chi connectivity index (χ3n) is 2.79. The number of nitrogens with zero attached hydrogens (tertiary/aromatic N) is 2. The molecular formula is C14H15FN2O2S. The third kappa shape index (κ3) is 3.68. The van der Waals surface area contributed by atoms with E-state index in [1.54, 1.807) is 29.9 Å². The minimum atomic E-state index is -0.307. The molecule has 0 unspecified atom stereocenters. The van der Waals surface area contributed by atoms with Gasteiger partial charge in [-0.3, -0.25) is 4.79 Å². The van der Waals surface area contributed by atoms with E-state index in [0.717, 1.165) is 5.56 Å². The predicted molar refractivity (Wildman–Crippen MR) is 76.2 cm³/mol. The summed E-state index contributed by atoms with van der Waals surface area (Å²) < 4.78 is 14.6. The molecule has 0 aliphatic carbocycles.